The van der Waals surface area contributed by atoms with Gasteiger partial charge in [0.1, 0.15) is 5.75 Å². The van der Waals surface area contributed by atoms with Crippen LogP contribution >= 0.6 is 0 Å². The van der Waals surface area contributed by atoms with Gasteiger partial charge in [-0.3, -0.25) is 0 Å². The molecule has 1 unspecified atom stereocenters. The van der Waals surface area contributed by atoms with E-state index in [1.54, 1.807) is 0 Å². The highest BCUT2D eigenvalue weighted by atomic mass is 16.3. The molecule has 0 saturated carbocycles. The number of benzene rings is 1. The van der Waals surface area contributed by atoms with Crippen LogP contribution in [0.2, 0.25) is 0 Å². The van der Waals surface area contributed by atoms with Gasteiger partial charge in [-0.25, -0.2) is 0 Å². The molecular weight excluding hydrogens is 280 g/mol. The maximum Gasteiger partial charge on any atom is 0.122 e. The summed E-state index contributed by atoms with van der Waals surface area (Å²) >= 11 is 0. The van der Waals surface area contributed by atoms with Gasteiger partial charge >= 0.3 is 0 Å². The van der Waals surface area contributed by atoms with E-state index in [1.165, 1.54) is 76.2 Å². The van der Waals surface area contributed by atoms with Crippen molar-refractivity contribution in [3.63, 3.8) is 0 Å². The van der Waals surface area contributed by atoms with E-state index in [9.17, 15) is 5.11 Å². The van der Waals surface area contributed by atoms with E-state index in [0.717, 1.165) is 11.1 Å². The Labute approximate surface area is 144 Å². The molecule has 0 aliphatic carbocycles. The summed E-state index contributed by atoms with van der Waals surface area (Å²) in [6.45, 7) is 8.60. The van der Waals surface area contributed by atoms with Gasteiger partial charge in [-0.1, -0.05) is 90.2 Å². The van der Waals surface area contributed by atoms with Crippen molar-refractivity contribution in [2.45, 2.75) is 104 Å². The first-order valence-corrected chi connectivity index (χ1v) is 9.87. The first kappa shape index (κ1) is 20.1. The molecule has 1 N–H and O–H groups in total. The third-order valence-electron chi connectivity index (χ3n) is 5.25. The minimum absolute atomic E-state index is 0.461. The van der Waals surface area contributed by atoms with Crippen LogP contribution in [0.3, 0.4) is 0 Å². The monoisotopic (exact) mass is 318 g/mol. The molecule has 0 aliphatic rings. The molecule has 1 nitrogen and oxygen atoms in total. The molecule has 23 heavy (non-hydrogen) atoms. The number of phenols is 1. The zero-order chi connectivity index (χ0) is 17.1. The fourth-order valence-corrected chi connectivity index (χ4v) is 3.31. The van der Waals surface area contributed by atoms with Crippen LogP contribution in [0, 0.1) is 13.8 Å². The van der Waals surface area contributed by atoms with Crippen LogP contribution in [0.1, 0.15) is 107 Å². The Bertz CT molecular complexity index is 436. The third-order valence-corrected chi connectivity index (χ3v) is 5.25. The fraction of sp³-hybridized carbons (Fsp3) is 0.727. The Morgan fingerprint density at radius 2 is 1.35 bits per heavy atom. The van der Waals surface area contributed by atoms with Gasteiger partial charge in [0, 0.05) is 0 Å². The van der Waals surface area contributed by atoms with E-state index >= 15 is 0 Å². The zero-order valence-electron chi connectivity index (χ0n) is 16.0. The highest BCUT2D eigenvalue weighted by Gasteiger charge is 2.12. The quantitative estimate of drug-likeness (QED) is 0.397. The molecule has 0 bridgehead atoms. The summed E-state index contributed by atoms with van der Waals surface area (Å²) in [5, 5.41) is 10.3. The number of phenolic OH excluding ortho intramolecular Hbond substituents is 1. The fourth-order valence-electron chi connectivity index (χ4n) is 3.31. The molecule has 0 heterocycles. The molecule has 1 aromatic rings. The number of hydrogen-bond acceptors (Lipinski definition) is 1. The van der Waals surface area contributed by atoms with Gasteiger partial charge in [-0.05, 0) is 42.9 Å². The molecule has 0 fully saturated rings. The van der Waals surface area contributed by atoms with Crippen molar-refractivity contribution in [2.24, 2.45) is 0 Å². The van der Waals surface area contributed by atoms with Crippen molar-refractivity contribution in [2.75, 3.05) is 0 Å². The Morgan fingerprint density at radius 1 is 0.826 bits per heavy atom. The molecule has 0 saturated heterocycles. The van der Waals surface area contributed by atoms with Crippen LogP contribution in [0.15, 0.2) is 12.1 Å². The predicted octanol–water partition coefficient (Wildman–Crippen LogP) is 7.42. The van der Waals surface area contributed by atoms with Gasteiger partial charge in [0.2, 0.25) is 0 Å². The highest BCUT2D eigenvalue weighted by Crippen LogP contribution is 2.33. The molecule has 0 aromatic heterocycles. The lowest BCUT2D eigenvalue weighted by Crippen LogP contribution is -1.97. The first-order chi connectivity index (χ1) is 11.1. The number of unbranched alkanes of at least 4 members (excludes halogenated alkanes) is 9. The summed E-state index contributed by atoms with van der Waals surface area (Å²) in [4.78, 5) is 0. The largest absolute Gasteiger partial charge is 0.507 e. The minimum Gasteiger partial charge on any atom is -0.507 e. The molecule has 1 heteroatoms. The summed E-state index contributed by atoms with van der Waals surface area (Å²) in [5.41, 5.74) is 3.35. The van der Waals surface area contributed by atoms with Gasteiger partial charge < -0.3 is 5.11 Å². The van der Waals surface area contributed by atoms with Gasteiger partial charge in [-0.15, -0.1) is 0 Å². The first-order valence-electron chi connectivity index (χ1n) is 9.87. The summed E-state index contributed by atoms with van der Waals surface area (Å²) in [5.74, 6) is 0.980. The standard InChI is InChI=1S/C22H38O/c1-5-6-7-8-9-10-11-12-13-14-15-19(3)21-17-16-18(2)20(4)22(21)23/h16-17,19,23H,5-15H2,1-4H3. The topological polar surface area (TPSA) is 20.2 Å². The van der Waals surface area contributed by atoms with E-state index in [0.29, 0.717) is 11.7 Å². The average molecular weight is 319 g/mol. The second kappa shape index (κ2) is 11.5. The lowest BCUT2D eigenvalue weighted by molar-refractivity contribution is 0.452. The Kier molecular flexibility index (Phi) is 10.1. The minimum atomic E-state index is 0.461. The maximum atomic E-state index is 10.3. The lowest BCUT2D eigenvalue weighted by Gasteiger charge is -2.16. The van der Waals surface area contributed by atoms with Crippen molar-refractivity contribution < 1.29 is 5.11 Å². The van der Waals surface area contributed by atoms with E-state index in [2.05, 4.69) is 32.9 Å². The molecule has 0 aliphatic heterocycles. The van der Waals surface area contributed by atoms with Gasteiger partial charge in [0.25, 0.3) is 0 Å². The van der Waals surface area contributed by atoms with E-state index < -0.39 is 0 Å². The molecule has 1 rings (SSSR count). The van der Waals surface area contributed by atoms with Crippen LogP contribution in [0.5, 0.6) is 5.75 Å². The van der Waals surface area contributed by atoms with Gasteiger partial charge in [-0.2, -0.15) is 0 Å². The second-order valence-electron chi connectivity index (χ2n) is 7.32. The van der Waals surface area contributed by atoms with Crippen molar-refractivity contribution in [3.05, 3.63) is 28.8 Å². The number of aryl methyl sites for hydroxylation is 1. The number of rotatable bonds is 12. The van der Waals surface area contributed by atoms with Crippen LogP contribution in [0.25, 0.3) is 0 Å². The second-order valence-corrected chi connectivity index (χ2v) is 7.32. The molecule has 1 atom stereocenters. The normalized spacial score (nSPS) is 12.5. The van der Waals surface area contributed by atoms with Crippen molar-refractivity contribution >= 4 is 0 Å². The molecule has 132 valence electrons. The van der Waals surface area contributed by atoms with Gasteiger partial charge in [0.15, 0.2) is 0 Å². The number of aromatic hydroxyl groups is 1. The van der Waals surface area contributed by atoms with Crippen molar-refractivity contribution in [3.8, 4) is 5.75 Å². The van der Waals surface area contributed by atoms with Crippen LogP contribution in [0.4, 0.5) is 0 Å². The average Bonchev–Trinajstić information content (AvgIpc) is 2.54. The molecule has 1 aromatic carbocycles. The smallest absolute Gasteiger partial charge is 0.122 e. The van der Waals surface area contributed by atoms with Crippen LogP contribution < -0.4 is 0 Å². The van der Waals surface area contributed by atoms with Crippen molar-refractivity contribution in [1.29, 1.82) is 0 Å². The highest BCUT2D eigenvalue weighted by molar-refractivity contribution is 5.45. The summed E-state index contributed by atoms with van der Waals surface area (Å²) in [6.07, 6.45) is 15.0. The van der Waals surface area contributed by atoms with E-state index in [1.807, 2.05) is 6.92 Å². The lowest BCUT2D eigenvalue weighted by atomic mass is 9.91. The summed E-state index contributed by atoms with van der Waals surface area (Å²) in [7, 11) is 0. The van der Waals surface area contributed by atoms with Crippen LogP contribution in [-0.2, 0) is 0 Å². The molecule has 0 radical (unpaired) electrons. The Hall–Kier alpha value is -0.980. The third kappa shape index (κ3) is 7.42. The zero-order valence-corrected chi connectivity index (χ0v) is 16.0. The van der Waals surface area contributed by atoms with Crippen molar-refractivity contribution in [1.82, 2.24) is 0 Å². The Morgan fingerprint density at radius 3 is 1.91 bits per heavy atom. The SMILES string of the molecule is CCCCCCCCCCCCC(C)c1ccc(C)c(C)c1O. The molecular formula is C22H38O. The molecule has 0 amide bonds. The summed E-state index contributed by atoms with van der Waals surface area (Å²) in [6, 6.07) is 4.25. The molecule has 0 spiro atoms. The van der Waals surface area contributed by atoms with E-state index in [4.69, 9.17) is 0 Å². The number of hydrogen-bond donors (Lipinski definition) is 1. The Balaban J connectivity index is 2.13. The predicted molar refractivity (Wildman–Crippen MR) is 102 cm³/mol. The summed E-state index contributed by atoms with van der Waals surface area (Å²) < 4.78 is 0. The van der Waals surface area contributed by atoms with Crippen LogP contribution in [-0.4, -0.2) is 5.11 Å². The van der Waals surface area contributed by atoms with E-state index in [-0.39, 0.29) is 0 Å². The maximum absolute atomic E-state index is 10.3. The van der Waals surface area contributed by atoms with Gasteiger partial charge in [0.05, 0.1) is 0 Å².